The number of aromatic nitrogens is 2. The quantitative estimate of drug-likeness (QED) is 0.0150. The van der Waals surface area contributed by atoms with Crippen LogP contribution in [0.1, 0.15) is 125 Å². The molecule has 616 valence electrons. The highest BCUT2D eigenvalue weighted by Crippen LogP contribution is 2.44. The Morgan fingerprint density at radius 2 is 0.915 bits per heavy atom. The fraction of sp³-hybridized carbons (Fsp3) is 0.330. The molecule has 8 aromatic carbocycles. The lowest BCUT2D eigenvalue weighted by atomic mass is 9.84. The molecule has 117 heavy (non-hydrogen) atoms. The number of carbonyl (C=O) groups excluding carboxylic acids is 3. The molecule has 0 radical (unpaired) electrons. The van der Waals surface area contributed by atoms with E-state index in [0.29, 0.717) is 80.4 Å². The maximum atomic E-state index is 12.0. The average Bonchev–Trinajstić information content (AvgIpc) is 1.01. The maximum Gasteiger partial charge on any atom is 0.373 e. The number of amides is 1. The van der Waals surface area contributed by atoms with Crippen molar-refractivity contribution in [3.05, 3.63) is 318 Å². The monoisotopic (exact) mass is 1670 g/mol. The third-order valence-electron chi connectivity index (χ3n) is 20.3. The van der Waals surface area contributed by atoms with E-state index in [0.717, 1.165) is 68.9 Å². The van der Waals surface area contributed by atoms with Gasteiger partial charge in [-0.25, -0.2) is 5.84 Å². The molecule has 14 rings (SSSR count). The molecule has 0 unspecified atom stereocenters. The number of hydrogen-bond donors (Lipinski definition) is 7. The number of aliphatic carboxylic acids is 1. The number of nitrogens with one attached hydrogen (secondary N) is 1. The van der Waals surface area contributed by atoms with Crippen molar-refractivity contribution in [2.75, 3.05) is 6.61 Å². The Kier molecular flexibility index (Phi) is 35.0. The van der Waals surface area contributed by atoms with E-state index < -0.39 is 61.4 Å². The number of ether oxygens (including phenoxy) is 7. The number of aliphatic hydroxyl groups is 4. The second-order valence-electron chi connectivity index (χ2n) is 28.4. The molecule has 3 aliphatic rings. The van der Waals surface area contributed by atoms with Crippen LogP contribution in [-0.2, 0) is 98.0 Å². The van der Waals surface area contributed by atoms with Crippen LogP contribution in [0.5, 0.6) is 0 Å². The maximum absolute atomic E-state index is 12.0. The Hall–Kier alpha value is -9.41. The molecule has 0 saturated carbocycles. The summed E-state index contributed by atoms with van der Waals surface area (Å²) in [6, 6.07) is 73.9. The standard InChI is InChI=1S/C30H35ClN2O4.C30H33ClO5.C25H23ClN2O6S.C5H6O.CO2/c1-3-26-20(2)28(35-18-21-10-6-4-7-11-21)30(36-19-22-12-8-5-9-13-22)29(37-26)23-14-15-25(31)24(16-23)17-27(34)33-32;1-3-26-20(2)28(34-18-21-10-6-4-7-11-21)30(35-19-22-12-8-5-9-13-22)29(36-26)23-14-15-25(31)24(16-23)17-27(32)33;26-16-7-6-14(24-23(32)22(31)21(30)19(12-29)34-24)10-15(16)11-20-27-28-25(35-20)18-9-8-17(33-18)13-4-2-1-3-5-13;1-5-3-2-4-6-5;2-1-3/h4-16,20,26,28-30H,3,17-19,32H2,1-2H3,(H,33,34);4-16,20,26,28-30H,3,17-19H2,1-2H3,(H,32,33);1-10,19,21-24,29-32H,11-12H2;2-4H,1H3;/t2*20-,26-,28+,29+,30-;19-,21-,22+,23-,24+;;/m111../s1. The zero-order valence-corrected chi connectivity index (χ0v) is 68.4. The molecule has 6 heterocycles. The summed E-state index contributed by atoms with van der Waals surface area (Å²) >= 11 is 20.6. The van der Waals surface area contributed by atoms with Crippen LogP contribution in [0.15, 0.2) is 246 Å². The van der Waals surface area contributed by atoms with Crippen molar-refractivity contribution in [3.8, 4) is 22.1 Å². The Labute approximate surface area is 699 Å². The third-order valence-corrected chi connectivity index (χ3v) is 22.4. The first kappa shape index (κ1) is 89.9. The van der Waals surface area contributed by atoms with Crippen molar-refractivity contribution in [2.45, 2.75) is 173 Å². The molecule has 22 nitrogen and oxygen atoms in total. The van der Waals surface area contributed by atoms with Gasteiger partial charge in [-0.1, -0.05) is 262 Å². The Morgan fingerprint density at radius 3 is 1.32 bits per heavy atom. The van der Waals surface area contributed by atoms with E-state index in [4.69, 9.17) is 92.2 Å². The Balaban J connectivity index is 0.000000175. The summed E-state index contributed by atoms with van der Waals surface area (Å²) in [6.45, 7) is 11.8. The fourth-order valence-corrected chi connectivity index (χ4v) is 15.6. The van der Waals surface area contributed by atoms with Gasteiger partial charge in [0, 0.05) is 38.9 Å². The van der Waals surface area contributed by atoms with Gasteiger partial charge in [-0.15, -0.1) is 10.2 Å². The van der Waals surface area contributed by atoms with Crippen LogP contribution in [0.2, 0.25) is 15.1 Å². The number of aliphatic hydroxyl groups excluding tert-OH is 4. The lowest BCUT2D eigenvalue weighted by molar-refractivity contribution is -0.234. The minimum atomic E-state index is -1.45. The fourth-order valence-electron chi connectivity index (χ4n) is 14.2. The number of nitrogens with zero attached hydrogens (tertiary/aromatic N) is 2. The van der Waals surface area contributed by atoms with Crippen molar-refractivity contribution < 1.29 is 86.7 Å². The summed E-state index contributed by atoms with van der Waals surface area (Å²) in [5, 5.41) is 60.8. The first-order valence-electron chi connectivity index (χ1n) is 38.5. The topological polar surface area (TPSA) is 324 Å². The molecule has 26 heteroatoms. The summed E-state index contributed by atoms with van der Waals surface area (Å²) in [5.41, 5.74) is 11.7. The lowest BCUT2D eigenvalue weighted by Gasteiger charge is -2.46. The van der Waals surface area contributed by atoms with Crippen molar-refractivity contribution in [1.82, 2.24) is 15.6 Å². The SMILES string of the molecule is CC[C@H]1O[C@@H](c2ccc(Cl)c(CC(=O)NN)c2)[C@H](OCc2ccccc2)[C@@H](OCc2ccccc2)[C@@H]1C.CC[C@H]1O[C@@H](c2ccc(Cl)c(CC(=O)O)c2)[C@H](OCc2ccccc2)[C@@H](OCc2ccccc2)[C@@H]1C.Cc1ccco1.O=C=O.OC[C@H]1O[C@@H](c2ccc(Cl)c(Cc3nnc(-c4ccc(-c5ccccc5)o4)s3)c2)[C@H](O)[C@@H](O)[C@@H]1O. The van der Waals surface area contributed by atoms with Gasteiger partial charge in [-0.3, -0.25) is 15.0 Å². The summed E-state index contributed by atoms with van der Waals surface area (Å²) in [6.07, 6.45) is -4.38. The second kappa shape index (κ2) is 45.5. The number of carboxylic acid groups (broad SMARTS) is 1. The molecule has 8 N–H and O–H groups in total. The molecule has 3 aliphatic heterocycles. The number of benzene rings is 8. The largest absolute Gasteiger partial charge is 0.481 e. The summed E-state index contributed by atoms with van der Waals surface area (Å²) < 4.78 is 56.1. The highest BCUT2D eigenvalue weighted by atomic mass is 35.5. The first-order valence-corrected chi connectivity index (χ1v) is 40.4. The molecule has 1 amide bonds. The number of carboxylic acids is 1. The van der Waals surface area contributed by atoms with Gasteiger partial charge in [0.05, 0.1) is 76.6 Å². The number of nitrogens with two attached hydrogens (primary N) is 1. The second-order valence-corrected chi connectivity index (χ2v) is 30.7. The molecular formula is C91H97Cl3N4O18S. The summed E-state index contributed by atoms with van der Waals surface area (Å²) in [5.74, 6) is 6.61. The van der Waals surface area contributed by atoms with Gasteiger partial charge in [-0.2, -0.15) is 9.59 Å². The number of aryl methyl sites for hydroxylation is 1. The highest BCUT2D eigenvalue weighted by molar-refractivity contribution is 7.14. The highest BCUT2D eigenvalue weighted by Gasteiger charge is 2.48. The summed E-state index contributed by atoms with van der Waals surface area (Å²) in [7, 11) is 0. The zero-order valence-electron chi connectivity index (χ0n) is 65.3. The number of furan rings is 2. The van der Waals surface area contributed by atoms with Gasteiger partial charge in [-0.05, 0) is 118 Å². The van der Waals surface area contributed by atoms with Gasteiger partial charge in [0.15, 0.2) is 10.8 Å². The zero-order chi connectivity index (χ0) is 83.3. The molecule has 15 atom stereocenters. The number of hydrazine groups is 1. The Bertz CT molecular complexity index is 4860. The van der Waals surface area contributed by atoms with E-state index in [2.05, 4.69) is 67.6 Å². The minimum absolute atomic E-state index is 0.0196. The van der Waals surface area contributed by atoms with Crippen LogP contribution in [0.4, 0.5) is 0 Å². The third kappa shape index (κ3) is 25.3. The van der Waals surface area contributed by atoms with E-state index >= 15 is 0 Å². The van der Waals surface area contributed by atoms with Gasteiger partial charge in [0.2, 0.25) is 5.91 Å². The molecule has 0 aliphatic carbocycles. The van der Waals surface area contributed by atoms with Crippen LogP contribution >= 0.6 is 46.1 Å². The number of hydrogen-bond acceptors (Lipinski definition) is 21. The van der Waals surface area contributed by atoms with Gasteiger partial charge < -0.3 is 67.5 Å². The van der Waals surface area contributed by atoms with Gasteiger partial charge in [0.25, 0.3) is 0 Å². The van der Waals surface area contributed by atoms with Crippen molar-refractivity contribution in [1.29, 1.82) is 0 Å². The number of halogens is 3. The lowest BCUT2D eigenvalue weighted by Crippen LogP contribution is -2.55. The van der Waals surface area contributed by atoms with E-state index in [1.54, 1.807) is 36.6 Å². The molecule has 3 saturated heterocycles. The van der Waals surface area contributed by atoms with Crippen LogP contribution in [0.3, 0.4) is 0 Å². The van der Waals surface area contributed by atoms with Crippen molar-refractivity contribution in [2.24, 2.45) is 17.7 Å². The molecule has 0 spiro atoms. The van der Waals surface area contributed by atoms with E-state index in [1.165, 1.54) is 11.3 Å². The first-order chi connectivity index (χ1) is 56.7. The van der Waals surface area contributed by atoms with Gasteiger partial charge >= 0.3 is 12.1 Å². The van der Waals surface area contributed by atoms with E-state index in [9.17, 15) is 35.1 Å². The van der Waals surface area contributed by atoms with Crippen molar-refractivity contribution >= 4 is 64.2 Å². The predicted molar refractivity (Wildman–Crippen MR) is 443 cm³/mol. The minimum Gasteiger partial charge on any atom is -0.481 e. The molecule has 3 fully saturated rings. The van der Waals surface area contributed by atoms with E-state index in [1.807, 2.05) is 183 Å². The number of carbonyl (C=O) groups is 2. The van der Waals surface area contributed by atoms with Crippen LogP contribution in [0.25, 0.3) is 22.1 Å². The molecular weight excluding hydrogens is 1580 g/mol. The smallest absolute Gasteiger partial charge is 0.373 e. The summed E-state index contributed by atoms with van der Waals surface area (Å²) in [4.78, 5) is 39.6. The van der Waals surface area contributed by atoms with Crippen LogP contribution < -0.4 is 11.3 Å². The van der Waals surface area contributed by atoms with Crippen LogP contribution in [-0.4, -0.2) is 121 Å². The average molecular weight is 1670 g/mol. The van der Waals surface area contributed by atoms with Crippen molar-refractivity contribution in [3.63, 3.8) is 0 Å². The predicted octanol–water partition coefficient (Wildman–Crippen LogP) is 16.4. The Morgan fingerprint density at radius 1 is 0.504 bits per heavy atom. The molecule has 11 aromatic rings. The van der Waals surface area contributed by atoms with E-state index in [-0.39, 0.29) is 67.3 Å². The molecule has 3 aromatic heterocycles. The number of rotatable bonds is 26. The normalized spacial score (nSPS) is 22.7. The van der Waals surface area contributed by atoms with Gasteiger partial charge in [0.1, 0.15) is 71.5 Å². The molecule has 0 bridgehead atoms. The van der Waals surface area contributed by atoms with Crippen LogP contribution in [0, 0.1) is 18.8 Å².